The minimum Gasteiger partial charge on any atom is -0.375 e. The Balaban J connectivity index is 0.00000225. The molecule has 0 bridgehead atoms. The summed E-state index contributed by atoms with van der Waals surface area (Å²) in [6.45, 7) is 11.0. The highest BCUT2D eigenvalue weighted by molar-refractivity contribution is 7.15. The lowest BCUT2D eigenvalue weighted by atomic mass is 10.3. The molecule has 1 saturated heterocycles. The van der Waals surface area contributed by atoms with Crippen molar-refractivity contribution < 1.29 is 4.74 Å². The number of rotatable bonds is 7. The summed E-state index contributed by atoms with van der Waals surface area (Å²) in [5, 5.41) is 3.90. The molecule has 0 saturated carbocycles. The molecule has 0 aliphatic carbocycles. The number of hydrogen-bond donors (Lipinski definition) is 1. The predicted molar refractivity (Wildman–Crippen MR) is 106 cm³/mol. The van der Waals surface area contributed by atoms with Crippen molar-refractivity contribution in [1.82, 2.24) is 19.8 Å². The minimum absolute atomic E-state index is 0. The van der Waals surface area contributed by atoms with Gasteiger partial charge >= 0.3 is 0 Å². The van der Waals surface area contributed by atoms with Gasteiger partial charge in [0, 0.05) is 62.3 Å². The highest BCUT2D eigenvalue weighted by atomic mass is 35.5. The molecule has 1 atom stereocenters. The molecule has 0 spiro atoms. The fourth-order valence-electron chi connectivity index (χ4n) is 2.85. The first-order valence-corrected chi connectivity index (χ1v) is 10.0. The van der Waals surface area contributed by atoms with Crippen LogP contribution in [-0.2, 0) is 17.8 Å². The van der Waals surface area contributed by atoms with E-state index in [0.717, 1.165) is 56.6 Å². The van der Waals surface area contributed by atoms with Gasteiger partial charge in [0.05, 0.1) is 5.69 Å². The van der Waals surface area contributed by atoms with Crippen LogP contribution in [0.5, 0.6) is 0 Å². The number of thiazole rings is 2. The van der Waals surface area contributed by atoms with Crippen molar-refractivity contribution in [3.63, 3.8) is 0 Å². The van der Waals surface area contributed by atoms with Crippen LogP contribution in [0.1, 0.15) is 35.5 Å². The smallest absolute Gasteiger partial charge is 0.180 e. The maximum atomic E-state index is 5.70. The van der Waals surface area contributed by atoms with Crippen molar-refractivity contribution >= 4 is 40.2 Å². The van der Waals surface area contributed by atoms with Crippen molar-refractivity contribution in [2.45, 2.75) is 33.0 Å². The average Bonchev–Trinajstić information content (AvgIpc) is 3.19. The summed E-state index contributed by atoms with van der Waals surface area (Å²) in [5.41, 5.74) is 6.86. The lowest BCUT2D eigenvalue weighted by molar-refractivity contribution is 0.0758. The van der Waals surface area contributed by atoms with Crippen LogP contribution in [0.15, 0.2) is 11.6 Å². The Bertz CT molecular complexity index is 642. The highest BCUT2D eigenvalue weighted by Crippen LogP contribution is 2.22. The first kappa shape index (κ1) is 20.5. The first-order valence-electron chi connectivity index (χ1n) is 8.35. The quantitative estimate of drug-likeness (QED) is 0.766. The van der Waals surface area contributed by atoms with Gasteiger partial charge < -0.3 is 10.5 Å². The highest BCUT2D eigenvalue weighted by Gasteiger charge is 2.19. The number of nitrogens with two attached hydrogens (primary N) is 1. The normalized spacial score (nSPS) is 17.4. The number of anilines is 1. The molecule has 1 fully saturated rings. The fraction of sp³-hybridized carbons (Fsp3) is 0.625. The average molecular weight is 404 g/mol. The van der Waals surface area contributed by atoms with E-state index in [0.29, 0.717) is 5.13 Å². The second-order valence-corrected chi connectivity index (χ2v) is 8.03. The van der Waals surface area contributed by atoms with Gasteiger partial charge in [0.2, 0.25) is 0 Å². The Labute approximate surface area is 163 Å². The van der Waals surface area contributed by atoms with Crippen molar-refractivity contribution in [1.29, 1.82) is 0 Å². The molecule has 0 radical (unpaired) electrons. The van der Waals surface area contributed by atoms with Crippen LogP contribution in [0.3, 0.4) is 0 Å². The van der Waals surface area contributed by atoms with E-state index in [2.05, 4.69) is 27.1 Å². The molecule has 0 amide bonds. The lowest BCUT2D eigenvalue weighted by Gasteiger charge is -2.34. The largest absolute Gasteiger partial charge is 0.375 e. The fourth-order valence-corrected chi connectivity index (χ4v) is 4.39. The Hall–Kier alpha value is -0.770. The summed E-state index contributed by atoms with van der Waals surface area (Å²) < 4.78 is 5.62. The van der Waals surface area contributed by atoms with Crippen molar-refractivity contribution in [2.75, 3.05) is 38.5 Å². The van der Waals surface area contributed by atoms with E-state index < -0.39 is 0 Å². The van der Waals surface area contributed by atoms with Gasteiger partial charge in [-0.1, -0.05) is 0 Å². The van der Waals surface area contributed by atoms with Crippen LogP contribution in [0.4, 0.5) is 5.13 Å². The van der Waals surface area contributed by atoms with E-state index in [4.69, 9.17) is 15.5 Å². The summed E-state index contributed by atoms with van der Waals surface area (Å²) in [5.74, 6) is 0. The van der Waals surface area contributed by atoms with Crippen molar-refractivity contribution in [3.8, 4) is 0 Å². The second-order valence-electron chi connectivity index (χ2n) is 5.99. The Morgan fingerprint density at radius 2 is 1.92 bits per heavy atom. The van der Waals surface area contributed by atoms with Crippen LogP contribution >= 0.6 is 35.1 Å². The summed E-state index contributed by atoms with van der Waals surface area (Å²) >= 11 is 3.29. The standard InChI is InChI=1S/C16H25N5OS2.ClH/c1-3-22-12(2)15-19-13(11-23-15)9-20-4-6-21(7-5-20)10-14-8-18-16(17)24-14;/h8,11-12H,3-7,9-10H2,1-2H3,(H2,17,18);1H. The van der Waals surface area contributed by atoms with Crippen molar-refractivity contribution in [3.05, 3.63) is 27.2 Å². The van der Waals surface area contributed by atoms with Gasteiger partial charge in [-0.15, -0.1) is 35.1 Å². The number of hydrogen-bond acceptors (Lipinski definition) is 8. The molecule has 3 heterocycles. The molecule has 1 unspecified atom stereocenters. The lowest BCUT2D eigenvalue weighted by Crippen LogP contribution is -2.45. The molecule has 2 aromatic rings. The molecule has 1 aliphatic rings. The van der Waals surface area contributed by atoms with E-state index >= 15 is 0 Å². The molecular formula is C16H26ClN5OS2. The van der Waals surface area contributed by atoms with E-state index in [1.54, 1.807) is 22.7 Å². The third kappa shape index (κ3) is 5.87. The van der Waals surface area contributed by atoms with E-state index in [-0.39, 0.29) is 18.5 Å². The molecule has 9 heteroatoms. The summed E-state index contributed by atoms with van der Waals surface area (Å²) in [4.78, 5) is 15.0. The monoisotopic (exact) mass is 403 g/mol. The van der Waals surface area contributed by atoms with Crippen LogP contribution in [0.25, 0.3) is 0 Å². The molecular weight excluding hydrogens is 378 g/mol. The van der Waals surface area contributed by atoms with Gasteiger partial charge in [-0.2, -0.15) is 0 Å². The second kappa shape index (κ2) is 9.80. The van der Waals surface area contributed by atoms with Gasteiger partial charge in [-0.3, -0.25) is 9.80 Å². The van der Waals surface area contributed by atoms with Gasteiger partial charge in [0.25, 0.3) is 0 Å². The van der Waals surface area contributed by atoms with Gasteiger partial charge in [0.1, 0.15) is 11.1 Å². The zero-order valence-corrected chi connectivity index (χ0v) is 17.1. The van der Waals surface area contributed by atoms with E-state index in [1.807, 2.05) is 13.1 Å². The molecule has 2 aromatic heterocycles. The molecule has 3 rings (SSSR count). The van der Waals surface area contributed by atoms with E-state index in [1.165, 1.54) is 4.88 Å². The number of nitrogen functional groups attached to an aromatic ring is 1. The Kier molecular flexibility index (Phi) is 8.05. The molecule has 2 N–H and O–H groups in total. The molecule has 0 aromatic carbocycles. The van der Waals surface area contributed by atoms with Gasteiger partial charge in [-0.05, 0) is 13.8 Å². The number of piperazine rings is 1. The SMILES string of the molecule is CCOC(C)c1nc(CN2CCN(Cc3cnc(N)s3)CC2)cs1.Cl. The summed E-state index contributed by atoms with van der Waals surface area (Å²) in [6.07, 6.45) is 1.99. The maximum Gasteiger partial charge on any atom is 0.180 e. The van der Waals surface area contributed by atoms with Crippen LogP contribution in [0, 0.1) is 0 Å². The first-order chi connectivity index (χ1) is 11.6. The van der Waals surface area contributed by atoms with Gasteiger partial charge in [0.15, 0.2) is 5.13 Å². The number of halogens is 1. The predicted octanol–water partition coefficient (Wildman–Crippen LogP) is 3.02. The number of nitrogens with zero attached hydrogens (tertiary/aromatic N) is 4. The number of aromatic nitrogens is 2. The summed E-state index contributed by atoms with van der Waals surface area (Å²) in [7, 11) is 0. The van der Waals surface area contributed by atoms with Crippen LogP contribution in [0.2, 0.25) is 0 Å². The van der Waals surface area contributed by atoms with E-state index in [9.17, 15) is 0 Å². The zero-order valence-electron chi connectivity index (χ0n) is 14.7. The third-order valence-electron chi connectivity index (χ3n) is 4.14. The zero-order chi connectivity index (χ0) is 16.9. The Morgan fingerprint density at radius 3 is 2.52 bits per heavy atom. The van der Waals surface area contributed by atoms with Crippen LogP contribution < -0.4 is 5.73 Å². The number of ether oxygens (including phenoxy) is 1. The Morgan fingerprint density at radius 1 is 1.24 bits per heavy atom. The summed E-state index contributed by atoms with van der Waals surface area (Å²) in [6, 6.07) is 0. The molecule has 6 nitrogen and oxygen atoms in total. The van der Waals surface area contributed by atoms with Crippen LogP contribution in [-0.4, -0.2) is 52.6 Å². The van der Waals surface area contributed by atoms with Gasteiger partial charge in [-0.25, -0.2) is 9.97 Å². The maximum absolute atomic E-state index is 5.70. The minimum atomic E-state index is 0. The van der Waals surface area contributed by atoms with Crippen molar-refractivity contribution in [2.24, 2.45) is 0 Å². The molecule has 140 valence electrons. The molecule has 25 heavy (non-hydrogen) atoms. The molecule has 1 aliphatic heterocycles. The third-order valence-corrected chi connectivity index (χ3v) is 6.00. The topological polar surface area (TPSA) is 67.5 Å².